The van der Waals surface area contributed by atoms with Gasteiger partial charge in [-0.15, -0.1) is 0 Å². The van der Waals surface area contributed by atoms with Crippen molar-refractivity contribution in [3.05, 3.63) is 58.4 Å². The Bertz CT molecular complexity index is 601. The van der Waals surface area contributed by atoms with Crippen LogP contribution in [0.4, 0.5) is 10.1 Å². The maximum Gasteiger partial charge on any atom is 0.146 e. The first-order valence-corrected chi connectivity index (χ1v) is 6.89. The van der Waals surface area contributed by atoms with E-state index in [9.17, 15) is 4.39 Å². The van der Waals surface area contributed by atoms with Gasteiger partial charge in [0.05, 0.1) is 11.6 Å². The summed E-state index contributed by atoms with van der Waals surface area (Å²) < 4.78 is 19.2. The Hall–Kier alpha value is -1.74. The average Bonchev–Trinajstić information content (AvgIpc) is 2.42. The van der Waals surface area contributed by atoms with Crippen LogP contribution in [0.25, 0.3) is 0 Å². The van der Waals surface area contributed by atoms with Crippen molar-refractivity contribution < 1.29 is 9.13 Å². The number of rotatable bonds is 5. The van der Waals surface area contributed by atoms with E-state index in [1.54, 1.807) is 18.2 Å². The van der Waals surface area contributed by atoms with Crippen LogP contribution in [0, 0.1) is 12.7 Å². The van der Waals surface area contributed by atoms with Crippen LogP contribution in [0.2, 0.25) is 5.02 Å². The van der Waals surface area contributed by atoms with Gasteiger partial charge in [0.25, 0.3) is 0 Å². The van der Waals surface area contributed by atoms with Crippen LogP contribution in [0.1, 0.15) is 18.1 Å². The fraction of sp³-hybridized carbons (Fsp3) is 0.250. The quantitative estimate of drug-likeness (QED) is 0.855. The van der Waals surface area contributed by atoms with Gasteiger partial charge >= 0.3 is 0 Å². The average molecular weight is 294 g/mol. The normalized spacial score (nSPS) is 10.4. The van der Waals surface area contributed by atoms with Crippen molar-refractivity contribution >= 4 is 17.3 Å². The molecular weight excluding hydrogens is 277 g/mol. The zero-order valence-corrected chi connectivity index (χ0v) is 12.3. The monoisotopic (exact) mass is 293 g/mol. The van der Waals surface area contributed by atoms with Gasteiger partial charge in [0, 0.05) is 17.8 Å². The third-order valence-electron chi connectivity index (χ3n) is 3.01. The van der Waals surface area contributed by atoms with E-state index in [4.69, 9.17) is 16.3 Å². The molecule has 0 spiro atoms. The molecule has 0 aromatic heterocycles. The van der Waals surface area contributed by atoms with E-state index >= 15 is 0 Å². The second kappa shape index (κ2) is 6.62. The van der Waals surface area contributed by atoms with Crippen molar-refractivity contribution in [2.75, 3.05) is 11.9 Å². The number of aryl methyl sites for hydroxylation is 1. The van der Waals surface area contributed by atoms with Crippen LogP contribution in [-0.4, -0.2) is 6.61 Å². The molecule has 0 aliphatic rings. The first kappa shape index (κ1) is 14.7. The summed E-state index contributed by atoms with van der Waals surface area (Å²) in [6.07, 6.45) is 0. The maximum atomic E-state index is 13.8. The van der Waals surface area contributed by atoms with Crippen LogP contribution in [-0.2, 0) is 6.54 Å². The molecule has 106 valence electrons. The Kier molecular flexibility index (Phi) is 4.85. The van der Waals surface area contributed by atoms with E-state index < -0.39 is 0 Å². The van der Waals surface area contributed by atoms with Crippen molar-refractivity contribution in [2.45, 2.75) is 20.4 Å². The summed E-state index contributed by atoms with van der Waals surface area (Å²) in [7, 11) is 0. The summed E-state index contributed by atoms with van der Waals surface area (Å²) in [4.78, 5) is 0. The van der Waals surface area contributed by atoms with Gasteiger partial charge in [-0.25, -0.2) is 4.39 Å². The van der Waals surface area contributed by atoms with Gasteiger partial charge < -0.3 is 10.1 Å². The Morgan fingerprint density at radius 3 is 2.75 bits per heavy atom. The molecule has 0 saturated heterocycles. The lowest BCUT2D eigenvalue weighted by atomic mass is 10.1. The second-order valence-corrected chi connectivity index (χ2v) is 4.88. The number of halogens is 2. The van der Waals surface area contributed by atoms with Gasteiger partial charge in [0.15, 0.2) is 0 Å². The lowest BCUT2D eigenvalue weighted by molar-refractivity contribution is 0.340. The minimum Gasteiger partial charge on any atom is -0.494 e. The second-order valence-electron chi connectivity index (χ2n) is 4.48. The number of nitrogens with one attached hydrogen (secondary N) is 1. The molecule has 20 heavy (non-hydrogen) atoms. The SMILES string of the molecule is CCOc1ccc(NCc2cccc(Cl)c2F)c(C)c1. The Balaban J connectivity index is 2.09. The van der Waals surface area contributed by atoms with Crippen LogP contribution >= 0.6 is 11.6 Å². The van der Waals surface area contributed by atoms with E-state index in [1.165, 1.54) is 0 Å². The third-order valence-corrected chi connectivity index (χ3v) is 3.30. The van der Waals surface area contributed by atoms with E-state index in [1.807, 2.05) is 32.0 Å². The summed E-state index contributed by atoms with van der Waals surface area (Å²) in [5, 5.41) is 3.36. The standard InChI is InChI=1S/C16H17ClFNO/c1-3-20-13-7-8-15(11(2)9-13)19-10-12-5-4-6-14(17)16(12)18/h4-9,19H,3,10H2,1-2H3. The van der Waals surface area contributed by atoms with Crippen molar-refractivity contribution in [1.29, 1.82) is 0 Å². The molecule has 1 N–H and O–H groups in total. The van der Waals surface area contributed by atoms with Gasteiger partial charge in [-0.3, -0.25) is 0 Å². The Labute approximate surface area is 123 Å². The van der Waals surface area contributed by atoms with Gasteiger partial charge in [-0.2, -0.15) is 0 Å². The van der Waals surface area contributed by atoms with Crippen molar-refractivity contribution in [1.82, 2.24) is 0 Å². The molecule has 0 radical (unpaired) electrons. The number of benzene rings is 2. The zero-order chi connectivity index (χ0) is 14.5. The minimum absolute atomic E-state index is 0.146. The lowest BCUT2D eigenvalue weighted by Crippen LogP contribution is -2.03. The van der Waals surface area contributed by atoms with E-state index in [-0.39, 0.29) is 10.8 Å². The number of hydrogen-bond acceptors (Lipinski definition) is 2. The summed E-state index contributed by atoms with van der Waals surface area (Å²) in [6.45, 7) is 4.96. The highest BCUT2D eigenvalue weighted by atomic mass is 35.5. The molecule has 2 aromatic rings. The van der Waals surface area contributed by atoms with Gasteiger partial charge in [-0.1, -0.05) is 23.7 Å². The first-order valence-electron chi connectivity index (χ1n) is 6.52. The van der Waals surface area contributed by atoms with Crippen molar-refractivity contribution in [2.24, 2.45) is 0 Å². The smallest absolute Gasteiger partial charge is 0.146 e. The molecule has 0 fully saturated rings. The fourth-order valence-corrected chi connectivity index (χ4v) is 2.16. The third kappa shape index (κ3) is 3.42. The van der Waals surface area contributed by atoms with Gasteiger partial charge in [0.2, 0.25) is 0 Å². The molecule has 0 bridgehead atoms. The minimum atomic E-state index is -0.370. The molecule has 0 atom stereocenters. The Morgan fingerprint density at radius 2 is 2.05 bits per heavy atom. The topological polar surface area (TPSA) is 21.3 Å². The molecule has 0 saturated carbocycles. The largest absolute Gasteiger partial charge is 0.494 e. The first-order chi connectivity index (χ1) is 9.61. The number of hydrogen-bond donors (Lipinski definition) is 1. The number of ether oxygens (including phenoxy) is 1. The van der Waals surface area contributed by atoms with E-state index in [0.29, 0.717) is 18.7 Å². The highest BCUT2D eigenvalue weighted by Crippen LogP contribution is 2.23. The predicted octanol–water partition coefficient (Wildman–Crippen LogP) is 4.80. The molecule has 2 nitrogen and oxygen atoms in total. The van der Waals surface area contributed by atoms with Crippen LogP contribution < -0.4 is 10.1 Å². The molecule has 2 rings (SSSR count). The van der Waals surface area contributed by atoms with Crippen LogP contribution in [0.5, 0.6) is 5.75 Å². The maximum absolute atomic E-state index is 13.8. The zero-order valence-electron chi connectivity index (χ0n) is 11.5. The van der Waals surface area contributed by atoms with Crippen LogP contribution in [0.15, 0.2) is 36.4 Å². The molecule has 2 aromatic carbocycles. The molecule has 4 heteroatoms. The summed E-state index contributed by atoms with van der Waals surface area (Å²) >= 11 is 5.76. The molecule has 0 unspecified atom stereocenters. The number of anilines is 1. The molecular formula is C16H17ClFNO. The van der Waals surface area contributed by atoms with Crippen LogP contribution in [0.3, 0.4) is 0 Å². The summed E-state index contributed by atoms with van der Waals surface area (Å²) in [5.74, 6) is 0.467. The Morgan fingerprint density at radius 1 is 1.25 bits per heavy atom. The van der Waals surface area contributed by atoms with Gasteiger partial charge in [0.1, 0.15) is 11.6 Å². The molecule has 0 aliphatic heterocycles. The molecule has 0 heterocycles. The lowest BCUT2D eigenvalue weighted by Gasteiger charge is -2.12. The summed E-state index contributed by atoms with van der Waals surface area (Å²) in [5.41, 5.74) is 2.55. The van der Waals surface area contributed by atoms with E-state index in [2.05, 4.69) is 5.32 Å². The summed E-state index contributed by atoms with van der Waals surface area (Å²) in [6, 6.07) is 10.8. The van der Waals surface area contributed by atoms with Crippen molar-refractivity contribution in [3.63, 3.8) is 0 Å². The van der Waals surface area contributed by atoms with Crippen molar-refractivity contribution in [3.8, 4) is 5.75 Å². The van der Waals surface area contributed by atoms with Gasteiger partial charge in [-0.05, 0) is 43.7 Å². The molecule has 0 aliphatic carbocycles. The highest BCUT2D eigenvalue weighted by molar-refractivity contribution is 6.30. The highest BCUT2D eigenvalue weighted by Gasteiger charge is 2.07. The van der Waals surface area contributed by atoms with E-state index in [0.717, 1.165) is 17.0 Å². The predicted molar refractivity (Wildman–Crippen MR) is 81.1 cm³/mol. The molecule has 0 amide bonds. The fourth-order valence-electron chi connectivity index (χ4n) is 1.97.